The van der Waals surface area contributed by atoms with Crippen molar-refractivity contribution in [3.8, 4) is 11.5 Å². The predicted octanol–water partition coefficient (Wildman–Crippen LogP) is 0.0169. The summed E-state index contributed by atoms with van der Waals surface area (Å²) in [4.78, 5) is 41.9. The third-order valence-corrected chi connectivity index (χ3v) is 3.86. The van der Waals surface area contributed by atoms with Crippen molar-refractivity contribution in [3.05, 3.63) is 34.1 Å². The molecule has 1 atom stereocenters. The molecule has 1 aromatic carbocycles. The van der Waals surface area contributed by atoms with Crippen molar-refractivity contribution in [2.24, 2.45) is 11.5 Å². The Balaban J connectivity index is 1.97. The minimum atomic E-state index is -0.958. The van der Waals surface area contributed by atoms with Gasteiger partial charge in [0.05, 0.1) is 0 Å². The zero-order valence-electron chi connectivity index (χ0n) is 14.4. The number of ether oxygens (including phenoxy) is 2. The topological polar surface area (TPSA) is 174 Å². The minimum Gasteiger partial charge on any atom is -0.454 e. The number of carbonyl (C=O) groups excluding carboxylic acids is 2. The average molecular weight is 374 g/mol. The molecule has 27 heavy (non-hydrogen) atoms. The van der Waals surface area contributed by atoms with Crippen LogP contribution < -0.4 is 37.1 Å². The van der Waals surface area contributed by atoms with E-state index < -0.39 is 23.4 Å². The molecule has 0 fully saturated rings. The minimum absolute atomic E-state index is 0.0288. The SMILES string of the molecule is CCC(Nc1nc(Nc2ccc3c(c2)OCO3)c(C(N)=O)c(=O)[nH]1)C(N)=O. The van der Waals surface area contributed by atoms with Gasteiger partial charge in [-0.1, -0.05) is 6.92 Å². The molecule has 1 aliphatic rings. The van der Waals surface area contributed by atoms with Crippen molar-refractivity contribution in [2.75, 3.05) is 17.4 Å². The van der Waals surface area contributed by atoms with Crippen LogP contribution in [-0.2, 0) is 4.79 Å². The molecule has 0 radical (unpaired) electrons. The van der Waals surface area contributed by atoms with Gasteiger partial charge in [-0.2, -0.15) is 4.98 Å². The first-order chi connectivity index (χ1) is 12.9. The number of fused-ring (bicyclic) bond motifs is 1. The Labute approximate surface area is 153 Å². The molecule has 0 saturated carbocycles. The van der Waals surface area contributed by atoms with Crippen LogP contribution in [0.15, 0.2) is 23.0 Å². The number of amides is 2. The van der Waals surface area contributed by atoms with E-state index >= 15 is 0 Å². The van der Waals surface area contributed by atoms with Gasteiger partial charge in [-0.15, -0.1) is 0 Å². The van der Waals surface area contributed by atoms with E-state index in [9.17, 15) is 14.4 Å². The van der Waals surface area contributed by atoms with E-state index in [4.69, 9.17) is 20.9 Å². The molecule has 0 spiro atoms. The summed E-state index contributed by atoms with van der Waals surface area (Å²) in [5.74, 6) is -0.594. The van der Waals surface area contributed by atoms with Crippen LogP contribution >= 0.6 is 0 Å². The number of rotatable bonds is 7. The number of aromatic nitrogens is 2. The molecule has 11 nitrogen and oxygen atoms in total. The highest BCUT2D eigenvalue weighted by molar-refractivity contribution is 5.98. The molecule has 142 valence electrons. The monoisotopic (exact) mass is 374 g/mol. The average Bonchev–Trinajstić information content (AvgIpc) is 3.06. The van der Waals surface area contributed by atoms with Gasteiger partial charge in [0.25, 0.3) is 11.5 Å². The molecule has 1 aliphatic heterocycles. The first-order valence-electron chi connectivity index (χ1n) is 8.05. The smallest absolute Gasteiger partial charge is 0.267 e. The normalized spacial score (nSPS) is 13.1. The molecule has 0 saturated heterocycles. The lowest BCUT2D eigenvalue weighted by molar-refractivity contribution is -0.118. The van der Waals surface area contributed by atoms with E-state index in [-0.39, 0.29) is 24.1 Å². The maximum atomic E-state index is 12.3. The lowest BCUT2D eigenvalue weighted by Gasteiger charge is -2.15. The van der Waals surface area contributed by atoms with Crippen molar-refractivity contribution in [3.63, 3.8) is 0 Å². The molecule has 11 heteroatoms. The second kappa shape index (κ2) is 7.23. The Morgan fingerprint density at radius 2 is 2.04 bits per heavy atom. The van der Waals surface area contributed by atoms with Crippen molar-refractivity contribution in [2.45, 2.75) is 19.4 Å². The van der Waals surface area contributed by atoms with Crippen LogP contribution in [0.5, 0.6) is 11.5 Å². The second-order valence-electron chi connectivity index (χ2n) is 5.70. The van der Waals surface area contributed by atoms with Crippen molar-refractivity contribution < 1.29 is 19.1 Å². The summed E-state index contributed by atoms with van der Waals surface area (Å²) < 4.78 is 10.5. The second-order valence-corrected chi connectivity index (χ2v) is 5.70. The summed E-state index contributed by atoms with van der Waals surface area (Å²) >= 11 is 0. The number of aromatic amines is 1. The number of carbonyl (C=O) groups is 2. The Bertz CT molecular complexity index is 957. The Kier molecular flexibility index (Phi) is 4.83. The van der Waals surface area contributed by atoms with Crippen molar-refractivity contribution in [1.82, 2.24) is 9.97 Å². The number of benzene rings is 1. The lowest BCUT2D eigenvalue weighted by Crippen LogP contribution is -2.36. The van der Waals surface area contributed by atoms with Gasteiger partial charge in [0.1, 0.15) is 11.6 Å². The summed E-state index contributed by atoms with van der Waals surface area (Å²) in [6.45, 7) is 1.85. The van der Waals surface area contributed by atoms with Gasteiger partial charge in [-0.05, 0) is 18.6 Å². The highest BCUT2D eigenvalue weighted by atomic mass is 16.7. The first-order valence-corrected chi connectivity index (χ1v) is 8.05. The van der Waals surface area contributed by atoms with E-state index in [2.05, 4.69) is 20.6 Å². The van der Waals surface area contributed by atoms with Crippen molar-refractivity contribution >= 4 is 29.3 Å². The number of nitrogens with one attached hydrogen (secondary N) is 3. The summed E-state index contributed by atoms with van der Waals surface area (Å²) in [7, 11) is 0. The number of H-pyrrole nitrogens is 1. The number of primary amides is 2. The molecule has 2 amide bonds. The van der Waals surface area contributed by atoms with Gasteiger partial charge >= 0.3 is 0 Å². The molecule has 7 N–H and O–H groups in total. The van der Waals surface area contributed by atoms with Crippen LogP contribution in [0.2, 0.25) is 0 Å². The van der Waals surface area contributed by atoms with E-state index in [1.54, 1.807) is 25.1 Å². The zero-order chi connectivity index (χ0) is 19.6. The number of anilines is 3. The Morgan fingerprint density at radius 3 is 2.70 bits per heavy atom. The molecule has 1 aromatic heterocycles. The maximum Gasteiger partial charge on any atom is 0.267 e. The maximum absolute atomic E-state index is 12.3. The third-order valence-electron chi connectivity index (χ3n) is 3.86. The Morgan fingerprint density at radius 1 is 1.30 bits per heavy atom. The molecular formula is C16H18N6O5. The fourth-order valence-electron chi connectivity index (χ4n) is 2.51. The van der Waals surface area contributed by atoms with Crippen LogP contribution in [0, 0.1) is 0 Å². The van der Waals surface area contributed by atoms with E-state index in [0.717, 1.165) is 0 Å². The first kappa shape index (κ1) is 18.0. The predicted molar refractivity (Wildman–Crippen MR) is 96.1 cm³/mol. The number of hydrogen-bond acceptors (Lipinski definition) is 8. The lowest BCUT2D eigenvalue weighted by atomic mass is 10.2. The van der Waals surface area contributed by atoms with Gasteiger partial charge in [0.15, 0.2) is 17.3 Å². The third kappa shape index (κ3) is 3.76. The Hall–Kier alpha value is -3.76. The fourth-order valence-corrected chi connectivity index (χ4v) is 2.51. The molecule has 0 aliphatic carbocycles. The molecule has 2 heterocycles. The highest BCUT2D eigenvalue weighted by Crippen LogP contribution is 2.35. The van der Waals surface area contributed by atoms with Crippen LogP contribution in [0.1, 0.15) is 23.7 Å². The molecule has 2 aromatic rings. The molecular weight excluding hydrogens is 356 g/mol. The standard InChI is InChI=1S/C16H18N6O5/c1-2-8(12(17)23)20-16-21-14(11(13(18)24)15(25)22-16)19-7-3-4-9-10(5-7)27-6-26-9/h3-5,8H,2,6H2,1H3,(H2,17,23)(H2,18,24)(H3,19,20,21,22,25). The van der Waals surface area contributed by atoms with E-state index in [0.29, 0.717) is 23.6 Å². The quantitative estimate of drug-likeness (QED) is 0.450. The van der Waals surface area contributed by atoms with Crippen LogP contribution in [-0.4, -0.2) is 34.6 Å². The number of nitrogens with two attached hydrogens (primary N) is 2. The van der Waals surface area contributed by atoms with Gasteiger partial charge < -0.3 is 31.6 Å². The van der Waals surface area contributed by atoms with E-state index in [1.807, 2.05) is 0 Å². The fraction of sp³-hybridized carbons (Fsp3) is 0.250. The van der Waals surface area contributed by atoms with Crippen LogP contribution in [0.3, 0.4) is 0 Å². The van der Waals surface area contributed by atoms with Gasteiger partial charge in [-0.25, -0.2) is 0 Å². The molecule has 3 rings (SSSR count). The molecule has 0 bridgehead atoms. The van der Waals surface area contributed by atoms with Gasteiger partial charge in [-0.3, -0.25) is 19.4 Å². The van der Waals surface area contributed by atoms with Crippen LogP contribution in [0.25, 0.3) is 0 Å². The highest BCUT2D eigenvalue weighted by Gasteiger charge is 2.20. The summed E-state index contributed by atoms with van der Waals surface area (Å²) in [5, 5.41) is 5.59. The zero-order valence-corrected chi connectivity index (χ0v) is 14.4. The van der Waals surface area contributed by atoms with Gasteiger partial charge in [0.2, 0.25) is 18.6 Å². The largest absolute Gasteiger partial charge is 0.454 e. The van der Waals surface area contributed by atoms with Crippen LogP contribution in [0.4, 0.5) is 17.5 Å². The number of hydrogen-bond donors (Lipinski definition) is 5. The van der Waals surface area contributed by atoms with E-state index in [1.165, 1.54) is 0 Å². The number of nitrogens with zero attached hydrogens (tertiary/aromatic N) is 1. The summed E-state index contributed by atoms with van der Waals surface area (Å²) in [5.41, 5.74) is 9.97. The summed E-state index contributed by atoms with van der Waals surface area (Å²) in [6.07, 6.45) is 0.377. The van der Waals surface area contributed by atoms with Gasteiger partial charge in [0, 0.05) is 11.8 Å². The molecule has 1 unspecified atom stereocenters. The van der Waals surface area contributed by atoms with Crippen molar-refractivity contribution in [1.29, 1.82) is 0 Å². The summed E-state index contributed by atoms with van der Waals surface area (Å²) in [6, 6.07) is 4.21.